The van der Waals surface area contributed by atoms with Crippen molar-refractivity contribution in [2.45, 2.75) is 19.3 Å². The maximum atomic E-state index is 10.2. The number of rotatable bonds is 3. The van der Waals surface area contributed by atoms with Gasteiger partial charge in [0, 0.05) is 0 Å². The van der Waals surface area contributed by atoms with E-state index in [4.69, 9.17) is 9.47 Å². The van der Waals surface area contributed by atoms with E-state index in [1.807, 2.05) is 6.08 Å². The molecule has 0 aromatic rings. The van der Waals surface area contributed by atoms with Crippen molar-refractivity contribution >= 4 is 6.29 Å². The normalized spacial score (nSPS) is 24.3. The molecule has 0 aromatic carbocycles. The van der Waals surface area contributed by atoms with Gasteiger partial charge in [-0.3, -0.25) is 0 Å². The van der Waals surface area contributed by atoms with Crippen LogP contribution in [0.15, 0.2) is 24.5 Å². The monoisotopic (exact) mass is 154 g/mol. The van der Waals surface area contributed by atoms with Gasteiger partial charge in [0.1, 0.15) is 12.4 Å². The molecule has 1 heterocycles. The first kappa shape index (κ1) is 8.01. The van der Waals surface area contributed by atoms with Crippen molar-refractivity contribution in [3.8, 4) is 0 Å². The van der Waals surface area contributed by atoms with Crippen LogP contribution in [0.25, 0.3) is 0 Å². The summed E-state index contributed by atoms with van der Waals surface area (Å²) in [6.45, 7) is 1.67. The molecule has 1 aliphatic rings. The third-order valence-electron chi connectivity index (χ3n) is 1.21. The van der Waals surface area contributed by atoms with E-state index >= 15 is 0 Å². The molecule has 0 saturated heterocycles. The van der Waals surface area contributed by atoms with E-state index in [9.17, 15) is 4.79 Å². The van der Waals surface area contributed by atoms with Crippen molar-refractivity contribution in [3.05, 3.63) is 24.5 Å². The molecule has 0 amide bonds. The Morgan fingerprint density at radius 1 is 1.64 bits per heavy atom. The fourth-order valence-corrected chi connectivity index (χ4v) is 0.689. The smallest absolute Gasteiger partial charge is 0.219 e. The molecule has 0 fully saturated rings. The Bertz CT molecular complexity index is 184. The van der Waals surface area contributed by atoms with Crippen molar-refractivity contribution in [1.29, 1.82) is 0 Å². The number of hydrogen-bond acceptors (Lipinski definition) is 3. The Morgan fingerprint density at radius 2 is 2.45 bits per heavy atom. The number of aldehydes is 1. The van der Waals surface area contributed by atoms with Gasteiger partial charge in [-0.25, -0.2) is 0 Å². The van der Waals surface area contributed by atoms with E-state index in [0.717, 1.165) is 6.29 Å². The molecule has 1 rings (SSSR count). The lowest BCUT2D eigenvalue weighted by molar-refractivity contribution is -0.135. The molecule has 0 saturated carbocycles. The zero-order valence-corrected chi connectivity index (χ0v) is 6.27. The van der Waals surface area contributed by atoms with E-state index in [1.165, 1.54) is 6.26 Å². The Morgan fingerprint density at radius 3 is 3.00 bits per heavy atom. The third-order valence-corrected chi connectivity index (χ3v) is 1.21. The molecule has 2 unspecified atom stereocenters. The first-order chi connectivity index (χ1) is 5.33. The molecule has 0 N–H and O–H groups in total. The van der Waals surface area contributed by atoms with Gasteiger partial charge in [-0.1, -0.05) is 6.08 Å². The average Bonchev–Trinajstić information content (AvgIpc) is 2.06. The van der Waals surface area contributed by atoms with E-state index in [0.29, 0.717) is 0 Å². The SMILES string of the molecule is CC(C=O)OC1C=CC=CO1. The summed E-state index contributed by atoms with van der Waals surface area (Å²) in [6, 6.07) is 0. The highest BCUT2D eigenvalue weighted by molar-refractivity contribution is 5.55. The van der Waals surface area contributed by atoms with Crippen LogP contribution in [0.3, 0.4) is 0 Å². The second-order valence-corrected chi connectivity index (χ2v) is 2.20. The summed E-state index contributed by atoms with van der Waals surface area (Å²) in [5.41, 5.74) is 0. The number of carbonyl (C=O) groups excluding carboxylic acids is 1. The van der Waals surface area contributed by atoms with Crippen LogP contribution in [0, 0.1) is 0 Å². The van der Waals surface area contributed by atoms with E-state index < -0.39 is 12.4 Å². The lowest BCUT2D eigenvalue weighted by atomic mass is 10.4. The molecule has 60 valence electrons. The molecule has 2 atom stereocenters. The summed E-state index contributed by atoms with van der Waals surface area (Å²) in [5, 5.41) is 0. The molecule has 0 bridgehead atoms. The Hall–Kier alpha value is -1.09. The minimum Gasteiger partial charge on any atom is -0.469 e. The summed E-state index contributed by atoms with van der Waals surface area (Å²) in [4.78, 5) is 10.2. The Labute approximate surface area is 65.3 Å². The van der Waals surface area contributed by atoms with Gasteiger partial charge in [0.15, 0.2) is 0 Å². The number of ether oxygens (including phenoxy) is 2. The number of allylic oxidation sites excluding steroid dienone is 2. The summed E-state index contributed by atoms with van der Waals surface area (Å²) < 4.78 is 10.1. The molecular formula is C8H10O3. The van der Waals surface area contributed by atoms with Crippen LogP contribution in [0.1, 0.15) is 6.92 Å². The minimum atomic E-state index is -0.420. The van der Waals surface area contributed by atoms with Gasteiger partial charge >= 0.3 is 0 Å². The van der Waals surface area contributed by atoms with E-state index in [2.05, 4.69) is 0 Å². The summed E-state index contributed by atoms with van der Waals surface area (Å²) in [5.74, 6) is 0. The number of hydrogen-bond donors (Lipinski definition) is 0. The molecule has 0 aliphatic carbocycles. The zero-order valence-electron chi connectivity index (χ0n) is 6.27. The van der Waals surface area contributed by atoms with Crippen LogP contribution in [0.2, 0.25) is 0 Å². The molecule has 0 radical (unpaired) electrons. The van der Waals surface area contributed by atoms with Gasteiger partial charge < -0.3 is 14.3 Å². The van der Waals surface area contributed by atoms with Crippen molar-refractivity contribution in [2.75, 3.05) is 0 Å². The molecule has 3 heteroatoms. The molecular weight excluding hydrogens is 144 g/mol. The zero-order chi connectivity index (χ0) is 8.10. The highest BCUT2D eigenvalue weighted by atomic mass is 16.7. The van der Waals surface area contributed by atoms with Gasteiger partial charge in [0.2, 0.25) is 6.29 Å². The summed E-state index contributed by atoms with van der Waals surface area (Å²) >= 11 is 0. The molecule has 11 heavy (non-hydrogen) atoms. The predicted molar refractivity (Wildman–Crippen MR) is 39.8 cm³/mol. The van der Waals surface area contributed by atoms with Crippen molar-refractivity contribution in [2.24, 2.45) is 0 Å². The molecule has 0 aromatic heterocycles. The first-order valence-electron chi connectivity index (χ1n) is 3.42. The highest BCUT2D eigenvalue weighted by Gasteiger charge is 2.09. The third kappa shape index (κ3) is 2.55. The molecule has 0 spiro atoms. The van der Waals surface area contributed by atoms with Gasteiger partial charge in [-0.05, 0) is 19.1 Å². The lowest BCUT2D eigenvalue weighted by Crippen LogP contribution is -2.21. The van der Waals surface area contributed by atoms with Crippen molar-refractivity contribution in [3.63, 3.8) is 0 Å². The van der Waals surface area contributed by atoms with Crippen LogP contribution in [-0.2, 0) is 14.3 Å². The molecule has 1 aliphatic heterocycles. The van der Waals surface area contributed by atoms with E-state index in [-0.39, 0.29) is 0 Å². The second-order valence-electron chi connectivity index (χ2n) is 2.20. The van der Waals surface area contributed by atoms with Crippen LogP contribution in [0.5, 0.6) is 0 Å². The fraction of sp³-hybridized carbons (Fsp3) is 0.375. The maximum Gasteiger partial charge on any atom is 0.219 e. The van der Waals surface area contributed by atoms with Crippen LogP contribution in [0.4, 0.5) is 0 Å². The molecule has 3 nitrogen and oxygen atoms in total. The Kier molecular flexibility index (Phi) is 2.86. The van der Waals surface area contributed by atoms with Crippen LogP contribution in [-0.4, -0.2) is 18.7 Å². The van der Waals surface area contributed by atoms with Gasteiger partial charge in [-0.2, -0.15) is 0 Å². The summed E-state index contributed by atoms with van der Waals surface area (Å²) in [7, 11) is 0. The lowest BCUT2D eigenvalue weighted by Gasteiger charge is -2.16. The largest absolute Gasteiger partial charge is 0.469 e. The van der Waals surface area contributed by atoms with Crippen LogP contribution >= 0.6 is 0 Å². The quantitative estimate of drug-likeness (QED) is 0.569. The standard InChI is InChI=1S/C8H10O3/c1-7(6-9)11-8-4-2-3-5-10-8/h2-8H,1H3. The minimum absolute atomic E-state index is 0.416. The second kappa shape index (κ2) is 3.93. The van der Waals surface area contributed by atoms with Crippen LogP contribution < -0.4 is 0 Å². The number of carbonyl (C=O) groups is 1. The van der Waals surface area contributed by atoms with E-state index in [1.54, 1.807) is 19.1 Å². The topological polar surface area (TPSA) is 35.5 Å². The summed E-state index contributed by atoms with van der Waals surface area (Å²) in [6.07, 6.45) is 6.73. The fourth-order valence-electron chi connectivity index (χ4n) is 0.689. The van der Waals surface area contributed by atoms with Gasteiger partial charge in [0.05, 0.1) is 6.26 Å². The predicted octanol–water partition coefficient (Wildman–Crippen LogP) is 1.02. The average molecular weight is 154 g/mol. The Balaban J connectivity index is 2.32. The first-order valence-corrected chi connectivity index (χ1v) is 3.42. The van der Waals surface area contributed by atoms with Gasteiger partial charge in [0.25, 0.3) is 0 Å². The highest BCUT2D eigenvalue weighted by Crippen LogP contribution is 2.05. The van der Waals surface area contributed by atoms with Crippen molar-refractivity contribution < 1.29 is 14.3 Å². The van der Waals surface area contributed by atoms with Crippen molar-refractivity contribution in [1.82, 2.24) is 0 Å². The van der Waals surface area contributed by atoms with Gasteiger partial charge in [-0.15, -0.1) is 0 Å². The maximum absolute atomic E-state index is 10.2.